The van der Waals surface area contributed by atoms with Crippen molar-refractivity contribution in [1.29, 1.82) is 0 Å². The monoisotopic (exact) mass is 184 g/mol. The molecule has 0 amide bonds. The summed E-state index contributed by atoms with van der Waals surface area (Å²) in [5.74, 6) is -0.305. The van der Waals surface area contributed by atoms with Crippen molar-refractivity contribution >= 4 is 17.5 Å². The van der Waals surface area contributed by atoms with Crippen LogP contribution in [0.4, 0.5) is 0 Å². The van der Waals surface area contributed by atoms with Crippen LogP contribution in [0.15, 0.2) is 0 Å². The maximum Gasteiger partial charge on any atom is 0.308 e. The van der Waals surface area contributed by atoms with E-state index in [0.29, 0.717) is 5.92 Å². The van der Waals surface area contributed by atoms with Gasteiger partial charge in [0, 0.05) is 5.92 Å². The molecule has 1 saturated carbocycles. The highest BCUT2D eigenvalue weighted by Crippen LogP contribution is 2.41. The first-order chi connectivity index (χ1) is 5.77. The molecule has 12 heavy (non-hydrogen) atoms. The summed E-state index contributed by atoms with van der Waals surface area (Å²) in [6.45, 7) is 0. The molecule has 4 nitrogen and oxygen atoms in total. The topological polar surface area (TPSA) is 63.1 Å². The third-order valence-corrected chi connectivity index (χ3v) is 2.60. The van der Waals surface area contributed by atoms with E-state index in [4.69, 9.17) is 5.11 Å². The Labute approximate surface area is 73.4 Å². The van der Waals surface area contributed by atoms with Gasteiger partial charge in [-0.2, -0.15) is 0 Å². The van der Waals surface area contributed by atoms with Gasteiger partial charge in [0.05, 0.1) is 17.0 Å². The summed E-state index contributed by atoms with van der Waals surface area (Å²) in [6, 6.07) is 0. The van der Waals surface area contributed by atoms with Crippen molar-refractivity contribution in [2.45, 2.75) is 25.2 Å². The highest BCUT2D eigenvalue weighted by Gasteiger charge is 2.29. The highest BCUT2D eigenvalue weighted by atomic mass is 32.1. The zero-order chi connectivity index (χ0) is 8.55. The van der Waals surface area contributed by atoms with Crippen LogP contribution in [0.3, 0.4) is 0 Å². The second-order valence-corrected chi connectivity index (χ2v) is 3.76. The van der Waals surface area contributed by atoms with Gasteiger partial charge >= 0.3 is 5.97 Å². The van der Waals surface area contributed by atoms with E-state index >= 15 is 0 Å². The summed E-state index contributed by atoms with van der Waals surface area (Å²) in [6.07, 6.45) is 2.35. The van der Waals surface area contributed by atoms with Crippen molar-refractivity contribution in [3.05, 3.63) is 10.6 Å². The second-order valence-electron chi connectivity index (χ2n) is 2.93. The minimum Gasteiger partial charge on any atom is -0.481 e. The third kappa shape index (κ3) is 1.45. The van der Waals surface area contributed by atoms with E-state index in [1.54, 1.807) is 0 Å². The molecule has 0 aromatic carbocycles. The first-order valence-electron chi connectivity index (χ1n) is 3.80. The number of carboxylic acid groups (broad SMARTS) is 1. The molecule has 1 heterocycles. The van der Waals surface area contributed by atoms with E-state index in [1.807, 2.05) is 0 Å². The Bertz CT molecular complexity index is 306. The summed E-state index contributed by atoms with van der Waals surface area (Å²) < 4.78 is 3.76. The molecule has 1 aromatic rings. The Kier molecular flexibility index (Phi) is 1.80. The number of rotatable bonds is 3. The van der Waals surface area contributed by atoms with Gasteiger partial charge in [-0.15, -0.1) is 5.10 Å². The molecule has 5 heteroatoms. The van der Waals surface area contributed by atoms with Crippen LogP contribution >= 0.6 is 11.5 Å². The number of nitrogens with zero attached hydrogens (tertiary/aromatic N) is 2. The fraction of sp³-hybridized carbons (Fsp3) is 0.571. The standard InChI is InChI=1S/C7H8N2O2S/c10-6(11)3-5-7(4-1-2-4)8-9-12-5/h4H,1-3H2,(H,10,11). The van der Waals surface area contributed by atoms with Crippen LogP contribution < -0.4 is 0 Å². The lowest BCUT2D eigenvalue weighted by atomic mass is 10.2. The van der Waals surface area contributed by atoms with Gasteiger partial charge in [0.15, 0.2) is 0 Å². The van der Waals surface area contributed by atoms with Crippen LogP contribution in [0.2, 0.25) is 0 Å². The number of carboxylic acids is 1. The second kappa shape index (κ2) is 2.82. The van der Waals surface area contributed by atoms with E-state index < -0.39 is 5.97 Å². The molecule has 0 radical (unpaired) electrons. The fourth-order valence-electron chi connectivity index (χ4n) is 1.14. The maximum absolute atomic E-state index is 10.4. The first-order valence-corrected chi connectivity index (χ1v) is 4.57. The molecule has 2 rings (SSSR count). The average Bonchev–Trinajstić information content (AvgIpc) is 2.73. The van der Waals surface area contributed by atoms with Crippen molar-refractivity contribution in [2.24, 2.45) is 0 Å². The normalized spacial score (nSPS) is 16.3. The highest BCUT2D eigenvalue weighted by molar-refractivity contribution is 7.05. The van der Waals surface area contributed by atoms with Gasteiger partial charge in [-0.3, -0.25) is 4.79 Å². The maximum atomic E-state index is 10.4. The summed E-state index contributed by atoms with van der Waals surface area (Å²) >= 11 is 1.20. The van der Waals surface area contributed by atoms with Crippen molar-refractivity contribution in [1.82, 2.24) is 9.59 Å². The molecular weight excluding hydrogens is 176 g/mol. The van der Waals surface area contributed by atoms with Crippen LogP contribution in [-0.4, -0.2) is 20.7 Å². The van der Waals surface area contributed by atoms with Gasteiger partial charge in [0.1, 0.15) is 0 Å². The van der Waals surface area contributed by atoms with Crippen LogP contribution in [-0.2, 0) is 11.2 Å². The van der Waals surface area contributed by atoms with Crippen molar-refractivity contribution in [2.75, 3.05) is 0 Å². The minimum absolute atomic E-state index is 0.0729. The predicted molar refractivity (Wildman–Crippen MR) is 43.2 cm³/mol. The van der Waals surface area contributed by atoms with Gasteiger partial charge in [-0.05, 0) is 24.4 Å². The Morgan fingerprint density at radius 2 is 2.42 bits per heavy atom. The Morgan fingerprint density at radius 1 is 1.67 bits per heavy atom. The molecule has 0 bridgehead atoms. The molecule has 1 aromatic heterocycles. The third-order valence-electron chi connectivity index (χ3n) is 1.86. The number of aromatic nitrogens is 2. The van der Waals surface area contributed by atoms with Crippen molar-refractivity contribution < 1.29 is 9.90 Å². The lowest BCUT2D eigenvalue weighted by molar-refractivity contribution is -0.136. The summed E-state index contributed by atoms with van der Waals surface area (Å²) in [5, 5.41) is 12.5. The van der Waals surface area contributed by atoms with Crippen LogP contribution in [0.1, 0.15) is 29.3 Å². The lowest BCUT2D eigenvalue weighted by Gasteiger charge is -1.92. The Hall–Kier alpha value is -0.970. The van der Waals surface area contributed by atoms with Crippen LogP contribution in [0.25, 0.3) is 0 Å². The number of carbonyl (C=O) groups is 1. The molecule has 0 unspecified atom stereocenters. The van der Waals surface area contributed by atoms with E-state index in [2.05, 4.69) is 9.59 Å². The van der Waals surface area contributed by atoms with Crippen LogP contribution in [0.5, 0.6) is 0 Å². The largest absolute Gasteiger partial charge is 0.481 e. The summed E-state index contributed by atoms with van der Waals surface area (Å²) in [4.78, 5) is 11.2. The van der Waals surface area contributed by atoms with E-state index in [-0.39, 0.29) is 6.42 Å². The van der Waals surface area contributed by atoms with E-state index in [1.165, 1.54) is 11.5 Å². The molecule has 1 aliphatic rings. The van der Waals surface area contributed by atoms with Crippen LogP contribution in [0, 0.1) is 0 Å². The van der Waals surface area contributed by atoms with Gasteiger partial charge in [0.25, 0.3) is 0 Å². The molecule has 1 aliphatic carbocycles. The van der Waals surface area contributed by atoms with Gasteiger partial charge in [-0.25, -0.2) is 0 Å². The molecule has 0 saturated heterocycles. The van der Waals surface area contributed by atoms with Crippen molar-refractivity contribution in [3.8, 4) is 0 Å². The summed E-state index contributed by atoms with van der Waals surface area (Å²) in [7, 11) is 0. The van der Waals surface area contributed by atoms with E-state index in [9.17, 15) is 4.79 Å². The minimum atomic E-state index is -0.803. The zero-order valence-corrected chi connectivity index (χ0v) is 7.17. The van der Waals surface area contributed by atoms with Gasteiger partial charge in [0.2, 0.25) is 0 Å². The SMILES string of the molecule is O=C(O)Cc1snnc1C1CC1. The summed E-state index contributed by atoms with van der Waals surface area (Å²) in [5.41, 5.74) is 0.919. The average molecular weight is 184 g/mol. The molecule has 0 spiro atoms. The molecule has 1 N–H and O–H groups in total. The predicted octanol–water partition coefficient (Wildman–Crippen LogP) is 1.04. The lowest BCUT2D eigenvalue weighted by Crippen LogP contribution is -2.00. The molecular formula is C7H8N2O2S. The molecule has 0 aliphatic heterocycles. The number of hydrogen-bond donors (Lipinski definition) is 1. The Balaban J connectivity index is 2.18. The zero-order valence-electron chi connectivity index (χ0n) is 6.36. The Morgan fingerprint density at radius 3 is 3.00 bits per heavy atom. The van der Waals surface area contributed by atoms with Gasteiger partial charge in [-0.1, -0.05) is 4.49 Å². The quantitative estimate of drug-likeness (QED) is 0.762. The fourth-order valence-corrected chi connectivity index (χ4v) is 1.86. The van der Waals surface area contributed by atoms with Gasteiger partial charge < -0.3 is 5.11 Å². The van der Waals surface area contributed by atoms with E-state index in [0.717, 1.165) is 23.4 Å². The molecule has 1 fully saturated rings. The molecule has 64 valence electrons. The first kappa shape index (κ1) is 7.67. The number of hydrogen-bond acceptors (Lipinski definition) is 4. The van der Waals surface area contributed by atoms with Crippen molar-refractivity contribution in [3.63, 3.8) is 0 Å². The number of aliphatic carboxylic acids is 1. The smallest absolute Gasteiger partial charge is 0.308 e. The molecule has 0 atom stereocenters.